The zero-order valence-corrected chi connectivity index (χ0v) is 11.1. The van der Waals surface area contributed by atoms with E-state index in [0.717, 1.165) is 19.5 Å². The van der Waals surface area contributed by atoms with Gasteiger partial charge in [-0.2, -0.15) is 11.3 Å². The second kappa shape index (κ2) is 5.46. The molecule has 4 heteroatoms. The van der Waals surface area contributed by atoms with E-state index in [-0.39, 0.29) is 11.3 Å². The molecule has 16 heavy (non-hydrogen) atoms. The molecule has 3 nitrogen and oxygen atoms in total. The van der Waals surface area contributed by atoms with Crippen LogP contribution in [0.5, 0.6) is 0 Å². The molecule has 0 fully saturated rings. The molecule has 0 aliphatic carbocycles. The topological polar surface area (TPSA) is 53.1 Å². The zero-order valence-electron chi connectivity index (χ0n) is 10.3. The Balaban J connectivity index is 2.35. The Kier molecular flexibility index (Phi) is 4.50. The van der Waals surface area contributed by atoms with Gasteiger partial charge < -0.3 is 10.6 Å². The normalized spacial score (nSPS) is 12.0. The average Bonchev–Trinajstić information content (AvgIpc) is 2.67. The van der Waals surface area contributed by atoms with Crippen LogP contribution in [0.4, 0.5) is 0 Å². The predicted molar refractivity (Wildman–Crippen MR) is 71.0 cm³/mol. The Hall–Kier alpha value is -0.870. The summed E-state index contributed by atoms with van der Waals surface area (Å²) in [4.78, 5) is 2.27. The highest BCUT2D eigenvalue weighted by Crippen LogP contribution is 2.20. The van der Waals surface area contributed by atoms with E-state index in [4.69, 9.17) is 11.1 Å². The van der Waals surface area contributed by atoms with Crippen LogP contribution in [-0.4, -0.2) is 24.3 Å². The molecule has 0 saturated carbocycles. The first-order chi connectivity index (χ1) is 7.42. The van der Waals surface area contributed by atoms with Gasteiger partial charge in [-0.15, -0.1) is 0 Å². The van der Waals surface area contributed by atoms with Crippen LogP contribution in [0.2, 0.25) is 0 Å². The smallest absolute Gasteiger partial charge is 0.0963 e. The van der Waals surface area contributed by atoms with Gasteiger partial charge in [0, 0.05) is 12.0 Å². The number of amidine groups is 1. The van der Waals surface area contributed by atoms with Gasteiger partial charge in [-0.1, -0.05) is 13.8 Å². The molecule has 90 valence electrons. The largest absolute Gasteiger partial charge is 0.387 e. The quantitative estimate of drug-likeness (QED) is 0.592. The van der Waals surface area contributed by atoms with Crippen molar-refractivity contribution in [2.75, 3.05) is 13.6 Å². The third-order valence-corrected chi connectivity index (χ3v) is 3.61. The lowest BCUT2D eigenvalue weighted by Gasteiger charge is -2.26. The second-order valence-corrected chi connectivity index (χ2v) is 5.70. The molecule has 0 aromatic carbocycles. The van der Waals surface area contributed by atoms with Gasteiger partial charge in [0.05, 0.1) is 5.84 Å². The minimum absolute atomic E-state index is 0.192. The number of hydrogen-bond donors (Lipinski definition) is 2. The number of hydrogen-bond acceptors (Lipinski definition) is 3. The van der Waals surface area contributed by atoms with Crippen LogP contribution >= 0.6 is 11.3 Å². The molecule has 1 heterocycles. The number of nitrogens with two attached hydrogens (primary N) is 1. The van der Waals surface area contributed by atoms with Gasteiger partial charge in [0.2, 0.25) is 0 Å². The van der Waals surface area contributed by atoms with Gasteiger partial charge in [-0.05, 0) is 42.4 Å². The molecule has 1 aromatic rings. The highest BCUT2D eigenvalue weighted by Gasteiger charge is 2.21. The monoisotopic (exact) mass is 239 g/mol. The summed E-state index contributed by atoms with van der Waals surface area (Å²) in [5.74, 6) is 0.274. The molecule has 0 radical (unpaired) electrons. The summed E-state index contributed by atoms with van der Waals surface area (Å²) < 4.78 is 0. The number of rotatable bonds is 6. The summed E-state index contributed by atoms with van der Waals surface area (Å²) in [5.41, 5.74) is 6.72. The molecule has 0 amide bonds. The van der Waals surface area contributed by atoms with E-state index in [1.807, 2.05) is 13.8 Å². The zero-order chi connectivity index (χ0) is 12.2. The molecular formula is C12H21N3S. The van der Waals surface area contributed by atoms with Crippen molar-refractivity contribution in [3.05, 3.63) is 22.4 Å². The van der Waals surface area contributed by atoms with Crippen molar-refractivity contribution in [2.45, 2.75) is 26.8 Å². The number of nitrogens with zero attached hydrogens (tertiary/aromatic N) is 1. The predicted octanol–water partition coefficient (Wildman–Crippen LogP) is 2.53. The summed E-state index contributed by atoms with van der Waals surface area (Å²) in [6.07, 6.45) is 0.920. The molecule has 0 saturated heterocycles. The fraction of sp³-hybridized carbons (Fsp3) is 0.583. The minimum atomic E-state index is -0.192. The molecule has 1 aromatic heterocycles. The number of nitrogens with one attached hydrogen (secondary N) is 1. The molecule has 0 aliphatic heterocycles. The Bertz CT molecular complexity index is 330. The Morgan fingerprint density at radius 3 is 2.75 bits per heavy atom. The van der Waals surface area contributed by atoms with Crippen LogP contribution in [0, 0.1) is 10.8 Å². The van der Waals surface area contributed by atoms with Gasteiger partial charge in [-0.3, -0.25) is 5.41 Å². The lowest BCUT2D eigenvalue weighted by atomic mass is 9.88. The summed E-state index contributed by atoms with van der Waals surface area (Å²) >= 11 is 1.73. The van der Waals surface area contributed by atoms with Crippen molar-refractivity contribution in [2.24, 2.45) is 11.1 Å². The Morgan fingerprint density at radius 1 is 1.56 bits per heavy atom. The molecule has 0 aliphatic rings. The van der Waals surface area contributed by atoms with Crippen LogP contribution in [-0.2, 0) is 6.54 Å². The van der Waals surface area contributed by atoms with Crippen molar-refractivity contribution < 1.29 is 0 Å². The molecule has 1 rings (SSSR count). The third-order valence-electron chi connectivity index (χ3n) is 2.88. The van der Waals surface area contributed by atoms with E-state index in [1.54, 1.807) is 11.3 Å². The highest BCUT2D eigenvalue weighted by atomic mass is 32.1. The molecular weight excluding hydrogens is 218 g/mol. The van der Waals surface area contributed by atoms with Gasteiger partial charge in [0.1, 0.15) is 0 Å². The first kappa shape index (κ1) is 13.2. The van der Waals surface area contributed by atoms with E-state index >= 15 is 0 Å². The van der Waals surface area contributed by atoms with Crippen molar-refractivity contribution in [1.29, 1.82) is 5.41 Å². The van der Waals surface area contributed by atoms with Crippen LogP contribution in [0.25, 0.3) is 0 Å². The maximum absolute atomic E-state index is 7.50. The highest BCUT2D eigenvalue weighted by molar-refractivity contribution is 7.07. The first-order valence-electron chi connectivity index (χ1n) is 5.46. The molecule has 0 bridgehead atoms. The van der Waals surface area contributed by atoms with Crippen molar-refractivity contribution in [3.8, 4) is 0 Å². The lowest BCUT2D eigenvalue weighted by Crippen LogP contribution is -2.34. The van der Waals surface area contributed by atoms with E-state index < -0.39 is 0 Å². The fourth-order valence-corrected chi connectivity index (χ4v) is 2.04. The Morgan fingerprint density at radius 2 is 2.25 bits per heavy atom. The van der Waals surface area contributed by atoms with Gasteiger partial charge in [0.15, 0.2) is 0 Å². The van der Waals surface area contributed by atoms with Crippen LogP contribution in [0.15, 0.2) is 16.8 Å². The standard InChI is InChI=1S/C12H21N3S/c1-12(2,11(13)14)5-6-15(3)8-10-4-7-16-9-10/h4,7,9H,5-6,8H2,1-3H3,(H3,13,14). The van der Waals surface area contributed by atoms with Crippen LogP contribution in [0.3, 0.4) is 0 Å². The summed E-state index contributed by atoms with van der Waals surface area (Å²) in [6.45, 7) is 5.97. The first-order valence-corrected chi connectivity index (χ1v) is 6.40. The van der Waals surface area contributed by atoms with E-state index in [9.17, 15) is 0 Å². The maximum atomic E-state index is 7.50. The maximum Gasteiger partial charge on any atom is 0.0963 e. The van der Waals surface area contributed by atoms with Crippen LogP contribution < -0.4 is 5.73 Å². The second-order valence-electron chi connectivity index (χ2n) is 4.92. The summed E-state index contributed by atoms with van der Waals surface area (Å²) in [5, 5.41) is 11.8. The fourth-order valence-electron chi connectivity index (χ4n) is 1.38. The molecule has 0 atom stereocenters. The SMILES string of the molecule is CN(CCC(C)(C)C(=N)N)Cc1ccsc1. The average molecular weight is 239 g/mol. The summed E-state index contributed by atoms with van der Waals surface area (Å²) in [6, 6.07) is 2.15. The van der Waals surface area contributed by atoms with Crippen molar-refractivity contribution in [1.82, 2.24) is 4.90 Å². The molecule has 0 unspecified atom stereocenters. The van der Waals surface area contributed by atoms with E-state index in [0.29, 0.717) is 0 Å². The van der Waals surface area contributed by atoms with Crippen molar-refractivity contribution >= 4 is 17.2 Å². The number of thiophene rings is 1. The minimum Gasteiger partial charge on any atom is -0.387 e. The lowest BCUT2D eigenvalue weighted by molar-refractivity contribution is 0.284. The molecule has 3 N–H and O–H groups in total. The van der Waals surface area contributed by atoms with Gasteiger partial charge in [-0.25, -0.2) is 0 Å². The van der Waals surface area contributed by atoms with Crippen LogP contribution in [0.1, 0.15) is 25.8 Å². The van der Waals surface area contributed by atoms with E-state index in [2.05, 4.69) is 28.8 Å². The summed E-state index contributed by atoms with van der Waals surface area (Å²) in [7, 11) is 2.11. The third kappa shape index (κ3) is 3.94. The Labute approximate surface area is 102 Å². The van der Waals surface area contributed by atoms with Crippen molar-refractivity contribution in [3.63, 3.8) is 0 Å². The molecule has 0 spiro atoms. The van der Waals surface area contributed by atoms with E-state index in [1.165, 1.54) is 5.56 Å². The van der Waals surface area contributed by atoms with Gasteiger partial charge >= 0.3 is 0 Å². The van der Waals surface area contributed by atoms with Gasteiger partial charge in [0.25, 0.3) is 0 Å².